The maximum atomic E-state index is 12.6. The lowest BCUT2D eigenvalue weighted by molar-refractivity contribution is -0.121. The highest BCUT2D eigenvalue weighted by atomic mass is 19.1. The van der Waals surface area contributed by atoms with E-state index in [1.165, 1.54) is 12.1 Å². The van der Waals surface area contributed by atoms with Gasteiger partial charge in [0.25, 0.3) is 0 Å². The highest BCUT2D eigenvalue weighted by Crippen LogP contribution is 2.02. The van der Waals surface area contributed by atoms with Gasteiger partial charge in [0, 0.05) is 13.0 Å². The Hall–Kier alpha value is -1.42. The highest BCUT2D eigenvalue weighted by Gasteiger charge is 2.00. The molecule has 0 radical (unpaired) electrons. The standard InChI is InChI=1S/C12H17FN2O/c13-11-6-4-10(5-7-11)9-15-12(16)3-1-2-8-14/h4-7H,1-3,8-9,14H2,(H,15,16). The molecule has 88 valence electrons. The summed E-state index contributed by atoms with van der Waals surface area (Å²) in [5.74, 6) is -0.254. The van der Waals surface area contributed by atoms with Gasteiger partial charge in [0.15, 0.2) is 0 Å². The number of halogens is 1. The van der Waals surface area contributed by atoms with E-state index in [0.29, 0.717) is 19.5 Å². The number of carbonyl (C=O) groups is 1. The molecule has 3 nitrogen and oxygen atoms in total. The van der Waals surface area contributed by atoms with Crippen LogP contribution in [0.5, 0.6) is 0 Å². The number of nitrogens with one attached hydrogen (secondary N) is 1. The van der Waals surface area contributed by atoms with Crippen LogP contribution in [0, 0.1) is 5.82 Å². The van der Waals surface area contributed by atoms with Crippen LogP contribution in [0.25, 0.3) is 0 Å². The van der Waals surface area contributed by atoms with Crippen LogP contribution in [0.1, 0.15) is 24.8 Å². The van der Waals surface area contributed by atoms with Crippen molar-refractivity contribution in [3.05, 3.63) is 35.6 Å². The molecule has 0 saturated heterocycles. The van der Waals surface area contributed by atoms with Crippen LogP contribution < -0.4 is 11.1 Å². The molecule has 0 fully saturated rings. The number of amides is 1. The van der Waals surface area contributed by atoms with Crippen molar-refractivity contribution in [2.75, 3.05) is 6.54 Å². The number of nitrogens with two attached hydrogens (primary N) is 1. The Labute approximate surface area is 94.8 Å². The number of rotatable bonds is 6. The lowest BCUT2D eigenvalue weighted by Gasteiger charge is -2.04. The van der Waals surface area contributed by atoms with Crippen molar-refractivity contribution in [3.8, 4) is 0 Å². The van der Waals surface area contributed by atoms with Crippen molar-refractivity contribution in [3.63, 3.8) is 0 Å². The topological polar surface area (TPSA) is 55.1 Å². The first-order valence-electron chi connectivity index (χ1n) is 5.43. The van der Waals surface area contributed by atoms with Crippen molar-refractivity contribution in [2.45, 2.75) is 25.8 Å². The van der Waals surface area contributed by atoms with Crippen molar-refractivity contribution < 1.29 is 9.18 Å². The van der Waals surface area contributed by atoms with E-state index < -0.39 is 0 Å². The fraction of sp³-hybridized carbons (Fsp3) is 0.417. The quantitative estimate of drug-likeness (QED) is 0.721. The van der Waals surface area contributed by atoms with E-state index in [1.54, 1.807) is 12.1 Å². The monoisotopic (exact) mass is 224 g/mol. The predicted molar refractivity (Wildman–Crippen MR) is 61.2 cm³/mol. The van der Waals surface area contributed by atoms with E-state index >= 15 is 0 Å². The van der Waals surface area contributed by atoms with E-state index in [9.17, 15) is 9.18 Å². The Morgan fingerprint density at radius 2 is 1.94 bits per heavy atom. The minimum absolute atomic E-state index is 0.0118. The summed E-state index contributed by atoms with van der Waals surface area (Å²) in [5, 5.41) is 2.78. The van der Waals surface area contributed by atoms with Crippen LogP contribution >= 0.6 is 0 Å². The average molecular weight is 224 g/mol. The second-order valence-electron chi connectivity index (χ2n) is 3.65. The van der Waals surface area contributed by atoms with Gasteiger partial charge in [0.2, 0.25) is 5.91 Å². The molecule has 16 heavy (non-hydrogen) atoms. The lowest BCUT2D eigenvalue weighted by atomic mass is 10.2. The molecular weight excluding hydrogens is 207 g/mol. The van der Waals surface area contributed by atoms with E-state index in [-0.39, 0.29) is 11.7 Å². The second kappa shape index (κ2) is 6.95. The Kier molecular flexibility index (Phi) is 5.50. The second-order valence-corrected chi connectivity index (χ2v) is 3.65. The summed E-state index contributed by atoms with van der Waals surface area (Å²) in [6, 6.07) is 6.09. The van der Waals surface area contributed by atoms with Crippen LogP contribution in [-0.4, -0.2) is 12.5 Å². The highest BCUT2D eigenvalue weighted by molar-refractivity contribution is 5.75. The summed E-state index contributed by atoms with van der Waals surface area (Å²) in [4.78, 5) is 11.3. The molecule has 0 saturated carbocycles. The molecular formula is C12H17FN2O. The first-order valence-corrected chi connectivity index (χ1v) is 5.43. The molecule has 4 heteroatoms. The van der Waals surface area contributed by atoms with Gasteiger partial charge in [-0.05, 0) is 37.1 Å². The van der Waals surface area contributed by atoms with E-state index in [2.05, 4.69) is 5.32 Å². The van der Waals surface area contributed by atoms with Crippen molar-refractivity contribution in [1.29, 1.82) is 0 Å². The fourth-order valence-electron chi connectivity index (χ4n) is 1.32. The summed E-state index contributed by atoms with van der Waals surface area (Å²) >= 11 is 0. The minimum Gasteiger partial charge on any atom is -0.352 e. The Morgan fingerprint density at radius 1 is 1.25 bits per heavy atom. The third kappa shape index (κ3) is 4.89. The molecule has 0 aliphatic heterocycles. The first-order chi connectivity index (χ1) is 7.72. The molecule has 0 aliphatic carbocycles. The zero-order valence-corrected chi connectivity index (χ0v) is 9.21. The summed E-state index contributed by atoms with van der Waals surface area (Å²) in [6.45, 7) is 1.06. The van der Waals surface area contributed by atoms with Gasteiger partial charge in [0.1, 0.15) is 5.82 Å². The molecule has 1 aromatic rings. The van der Waals surface area contributed by atoms with Gasteiger partial charge >= 0.3 is 0 Å². The van der Waals surface area contributed by atoms with Gasteiger partial charge < -0.3 is 11.1 Å². The normalized spacial score (nSPS) is 10.1. The number of carbonyl (C=O) groups excluding carboxylic acids is 1. The van der Waals surface area contributed by atoms with Gasteiger partial charge in [-0.25, -0.2) is 4.39 Å². The number of hydrogen-bond donors (Lipinski definition) is 2. The average Bonchev–Trinajstić information content (AvgIpc) is 2.29. The molecule has 0 atom stereocenters. The Balaban J connectivity index is 2.23. The molecule has 0 aliphatic rings. The molecule has 0 unspecified atom stereocenters. The molecule has 3 N–H and O–H groups in total. The third-order valence-corrected chi connectivity index (χ3v) is 2.26. The van der Waals surface area contributed by atoms with Gasteiger partial charge in [-0.2, -0.15) is 0 Å². The Bertz CT molecular complexity index is 324. The van der Waals surface area contributed by atoms with Crippen molar-refractivity contribution in [1.82, 2.24) is 5.32 Å². The number of benzene rings is 1. The zero-order chi connectivity index (χ0) is 11.8. The lowest BCUT2D eigenvalue weighted by Crippen LogP contribution is -2.22. The molecule has 0 heterocycles. The van der Waals surface area contributed by atoms with Crippen LogP contribution in [0.2, 0.25) is 0 Å². The van der Waals surface area contributed by atoms with Gasteiger partial charge in [0.05, 0.1) is 0 Å². The van der Waals surface area contributed by atoms with Crippen molar-refractivity contribution in [2.24, 2.45) is 5.73 Å². The maximum absolute atomic E-state index is 12.6. The van der Waals surface area contributed by atoms with Crippen LogP contribution in [0.3, 0.4) is 0 Å². The summed E-state index contributed by atoms with van der Waals surface area (Å²) in [5.41, 5.74) is 6.22. The minimum atomic E-state index is -0.266. The van der Waals surface area contributed by atoms with Gasteiger partial charge in [-0.1, -0.05) is 12.1 Å². The predicted octanol–water partition coefficient (Wildman–Crippen LogP) is 1.57. The smallest absolute Gasteiger partial charge is 0.220 e. The van der Waals surface area contributed by atoms with E-state index in [1.807, 2.05) is 0 Å². The maximum Gasteiger partial charge on any atom is 0.220 e. The molecule has 1 amide bonds. The van der Waals surface area contributed by atoms with E-state index in [0.717, 1.165) is 18.4 Å². The van der Waals surface area contributed by atoms with Gasteiger partial charge in [-0.15, -0.1) is 0 Å². The third-order valence-electron chi connectivity index (χ3n) is 2.26. The SMILES string of the molecule is NCCCCC(=O)NCc1ccc(F)cc1. The summed E-state index contributed by atoms with van der Waals surface area (Å²) in [7, 11) is 0. The molecule has 1 aromatic carbocycles. The first kappa shape index (κ1) is 12.6. The van der Waals surface area contributed by atoms with Gasteiger partial charge in [-0.3, -0.25) is 4.79 Å². The fourth-order valence-corrected chi connectivity index (χ4v) is 1.32. The van der Waals surface area contributed by atoms with Crippen molar-refractivity contribution >= 4 is 5.91 Å². The largest absolute Gasteiger partial charge is 0.352 e. The molecule has 1 rings (SSSR count). The van der Waals surface area contributed by atoms with E-state index in [4.69, 9.17) is 5.73 Å². The molecule has 0 aromatic heterocycles. The molecule has 0 bridgehead atoms. The van der Waals surface area contributed by atoms with Crippen LogP contribution in [0.4, 0.5) is 4.39 Å². The van der Waals surface area contributed by atoms with Crippen LogP contribution in [0.15, 0.2) is 24.3 Å². The summed E-state index contributed by atoms with van der Waals surface area (Å²) < 4.78 is 12.6. The molecule has 0 spiro atoms. The zero-order valence-electron chi connectivity index (χ0n) is 9.21. The number of unbranched alkanes of at least 4 members (excludes halogenated alkanes) is 1. The number of hydrogen-bond acceptors (Lipinski definition) is 2. The Morgan fingerprint density at radius 3 is 2.56 bits per heavy atom. The van der Waals surface area contributed by atoms with Crippen LogP contribution in [-0.2, 0) is 11.3 Å². The summed E-state index contributed by atoms with van der Waals surface area (Å²) in [6.07, 6.45) is 2.17.